The van der Waals surface area contributed by atoms with Crippen molar-refractivity contribution in [3.63, 3.8) is 0 Å². The molecule has 1 N–H and O–H groups in total. The molecule has 0 aliphatic heterocycles. The van der Waals surface area contributed by atoms with Gasteiger partial charge in [-0.1, -0.05) is 20.8 Å². The van der Waals surface area contributed by atoms with Gasteiger partial charge in [0.25, 0.3) is 0 Å². The van der Waals surface area contributed by atoms with E-state index in [1.54, 1.807) is 0 Å². The first kappa shape index (κ1) is 8.57. The fourth-order valence-electron chi connectivity index (χ4n) is 1.83. The average Bonchev–Trinajstić information content (AvgIpc) is 1.51. The molecule has 1 saturated carbocycles. The maximum Gasteiger partial charge on any atom is 0.306 e. The molecular formula is C9H16O2. The minimum Gasteiger partial charge on any atom is -0.481 e. The Kier molecular flexibility index (Phi) is 1.95. The number of carbonyl (C=O) groups is 1. The van der Waals surface area contributed by atoms with Crippen LogP contribution >= 0.6 is 0 Å². The Morgan fingerprint density at radius 3 is 2.00 bits per heavy atom. The van der Waals surface area contributed by atoms with Crippen LogP contribution in [0.3, 0.4) is 0 Å². The SMILES string of the molecule is CC(C)(C)C1CCC1C(=O)O. The van der Waals surface area contributed by atoms with Gasteiger partial charge in [0.2, 0.25) is 0 Å². The first-order chi connectivity index (χ1) is 4.93. The maximum atomic E-state index is 10.6. The first-order valence-corrected chi connectivity index (χ1v) is 4.15. The highest BCUT2D eigenvalue weighted by molar-refractivity contribution is 5.71. The second-order valence-electron chi connectivity index (χ2n) is 4.49. The van der Waals surface area contributed by atoms with Gasteiger partial charge >= 0.3 is 5.97 Å². The number of carboxylic acid groups (broad SMARTS) is 1. The summed E-state index contributed by atoms with van der Waals surface area (Å²) in [4.78, 5) is 10.6. The van der Waals surface area contributed by atoms with Crippen molar-refractivity contribution in [2.24, 2.45) is 17.3 Å². The van der Waals surface area contributed by atoms with Gasteiger partial charge in [0.1, 0.15) is 0 Å². The summed E-state index contributed by atoms with van der Waals surface area (Å²) in [6.45, 7) is 6.35. The summed E-state index contributed by atoms with van der Waals surface area (Å²) in [5.74, 6) is -0.300. The molecule has 2 unspecified atom stereocenters. The topological polar surface area (TPSA) is 37.3 Å². The van der Waals surface area contributed by atoms with E-state index in [-0.39, 0.29) is 11.3 Å². The lowest BCUT2D eigenvalue weighted by Gasteiger charge is -2.42. The van der Waals surface area contributed by atoms with E-state index in [0.29, 0.717) is 5.92 Å². The molecule has 1 fully saturated rings. The molecule has 0 aromatic heterocycles. The molecule has 0 spiro atoms. The fourth-order valence-corrected chi connectivity index (χ4v) is 1.83. The lowest BCUT2D eigenvalue weighted by Crippen LogP contribution is -2.40. The minimum atomic E-state index is -0.615. The monoisotopic (exact) mass is 156 g/mol. The van der Waals surface area contributed by atoms with Crippen LogP contribution in [0, 0.1) is 17.3 Å². The molecule has 64 valence electrons. The van der Waals surface area contributed by atoms with Gasteiger partial charge in [-0.05, 0) is 24.2 Å². The Balaban J connectivity index is 2.57. The standard InChI is InChI=1S/C9H16O2/c1-9(2,3)7-5-4-6(7)8(10)11/h6-7H,4-5H2,1-3H3,(H,10,11). The average molecular weight is 156 g/mol. The summed E-state index contributed by atoms with van der Waals surface area (Å²) in [6, 6.07) is 0. The zero-order chi connectivity index (χ0) is 8.65. The number of aliphatic carboxylic acids is 1. The molecule has 1 rings (SSSR count). The van der Waals surface area contributed by atoms with Crippen molar-refractivity contribution in [1.82, 2.24) is 0 Å². The van der Waals surface area contributed by atoms with E-state index in [2.05, 4.69) is 20.8 Å². The van der Waals surface area contributed by atoms with Crippen LogP contribution in [0.2, 0.25) is 0 Å². The van der Waals surface area contributed by atoms with Gasteiger partial charge in [0, 0.05) is 0 Å². The van der Waals surface area contributed by atoms with Crippen molar-refractivity contribution in [3.05, 3.63) is 0 Å². The van der Waals surface area contributed by atoms with E-state index in [4.69, 9.17) is 5.11 Å². The predicted molar refractivity (Wildman–Crippen MR) is 43.3 cm³/mol. The molecule has 0 aromatic rings. The third-order valence-electron chi connectivity index (χ3n) is 2.70. The molecule has 0 heterocycles. The summed E-state index contributed by atoms with van der Waals surface area (Å²) < 4.78 is 0. The second kappa shape index (κ2) is 2.50. The fraction of sp³-hybridized carbons (Fsp3) is 0.889. The molecule has 2 heteroatoms. The number of hydrogen-bond acceptors (Lipinski definition) is 1. The van der Waals surface area contributed by atoms with Crippen LogP contribution in [-0.2, 0) is 4.79 Å². The molecule has 0 aromatic carbocycles. The van der Waals surface area contributed by atoms with Crippen LogP contribution in [0.25, 0.3) is 0 Å². The number of hydrogen-bond donors (Lipinski definition) is 1. The Bertz CT molecular complexity index is 167. The van der Waals surface area contributed by atoms with Gasteiger partial charge in [-0.25, -0.2) is 0 Å². The summed E-state index contributed by atoms with van der Waals surface area (Å²) in [5, 5.41) is 8.77. The molecule has 0 bridgehead atoms. The van der Waals surface area contributed by atoms with E-state index in [9.17, 15) is 4.79 Å². The molecule has 0 amide bonds. The van der Waals surface area contributed by atoms with Crippen LogP contribution < -0.4 is 0 Å². The molecular weight excluding hydrogens is 140 g/mol. The van der Waals surface area contributed by atoms with Crippen LogP contribution in [0.4, 0.5) is 0 Å². The van der Waals surface area contributed by atoms with E-state index in [0.717, 1.165) is 12.8 Å². The summed E-state index contributed by atoms with van der Waals surface area (Å²) >= 11 is 0. The van der Waals surface area contributed by atoms with Crippen molar-refractivity contribution in [3.8, 4) is 0 Å². The molecule has 0 saturated heterocycles. The van der Waals surface area contributed by atoms with Crippen LogP contribution in [0.15, 0.2) is 0 Å². The lowest BCUT2D eigenvalue weighted by atomic mass is 9.61. The van der Waals surface area contributed by atoms with Crippen molar-refractivity contribution in [1.29, 1.82) is 0 Å². The Labute approximate surface area is 67.6 Å². The zero-order valence-corrected chi connectivity index (χ0v) is 7.42. The van der Waals surface area contributed by atoms with Gasteiger partial charge in [-0.3, -0.25) is 4.79 Å². The molecule has 1 aliphatic carbocycles. The third-order valence-corrected chi connectivity index (χ3v) is 2.70. The van der Waals surface area contributed by atoms with Gasteiger partial charge in [0.15, 0.2) is 0 Å². The van der Waals surface area contributed by atoms with Crippen molar-refractivity contribution in [2.75, 3.05) is 0 Å². The van der Waals surface area contributed by atoms with Gasteiger partial charge in [0.05, 0.1) is 5.92 Å². The molecule has 2 atom stereocenters. The normalized spacial score (nSPS) is 31.2. The minimum absolute atomic E-state index is 0.0741. The predicted octanol–water partition coefficient (Wildman–Crippen LogP) is 2.14. The molecule has 0 radical (unpaired) electrons. The summed E-state index contributed by atoms with van der Waals surface area (Å²) in [5.41, 5.74) is 0.168. The van der Waals surface area contributed by atoms with Crippen molar-refractivity contribution < 1.29 is 9.90 Å². The van der Waals surface area contributed by atoms with Crippen LogP contribution in [0.1, 0.15) is 33.6 Å². The Morgan fingerprint density at radius 1 is 1.36 bits per heavy atom. The van der Waals surface area contributed by atoms with Gasteiger partial charge in [-0.2, -0.15) is 0 Å². The van der Waals surface area contributed by atoms with Crippen molar-refractivity contribution in [2.45, 2.75) is 33.6 Å². The summed E-state index contributed by atoms with van der Waals surface area (Å²) in [6.07, 6.45) is 1.96. The number of carboxylic acids is 1. The largest absolute Gasteiger partial charge is 0.481 e. The summed E-state index contributed by atoms with van der Waals surface area (Å²) in [7, 11) is 0. The van der Waals surface area contributed by atoms with Crippen molar-refractivity contribution >= 4 is 5.97 Å². The van der Waals surface area contributed by atoms with Gasteiger partial charge < -0.3 is 5.11 Å². The highest BCUT2D eigenvalue weighted by Gasteiger charge is 2.43. The van der Waals surface area contributed by atoms with E-state index in [1.165, 1.54) is 0 Å². The van der Waals surface area contributed by atoms with E-state index < -0.39 is 5.97 Å². The molecule has 2 nitrogen and oxygen atoms in total. The lowest BCUT2D eigenvalue weighted by molar-refractivity contribution is -0.151. The Morgan fingerprint density at radius 2 is 1.91 bits per heavy atom. The molecule has 11 heavy (non-hydrogen) atoms. The Hall–Kier alpha value is -0.530. The quantitative estimate of drug-likeness (QED) is 0.631. The maximum absolute atomic E-state index is 10.6. The highest BCUT2D eigenvalue weighted by Crippen LogP contribution is 2.45. The number of rotatable bonds is 1. The third kappa shape index (κ3) is 1.55. The first-order valence-electron chi connectivity index (χ1n) is 4.15. The second-order valence-corrected chi connectivity index (χ2v) is 4.49. The highest BCUT2D eigenvalue weighted by atomic mass is 16.4. The zero-order valence-electron chi connectivity index (χ0n) is 7.42. The van der Waals surface area contributed by atoms with Crippen LogP contribution in [0.5, 0.6) is 0 Å². The van der Waals surface area contributed by atoms with Crippen LogP contribution in [-0.4, -0.2) is 11.1 Å². The van der Waals surface area contributed by atoms with E-state index >= 15 is 0 Å². The van der Waals surface area contributed by atoms with Gasteiger partial charge in [-0.15, -0.1) is 0 Å². The smallest absolute Gasteiger partial charge is 0.306 e. The molecule has 1 aliphatic rings. The van der Waals surface area contributed by atoms with E-state index in [1.807, 2.05) is 0 Å².